The summed E-state index contributed by atoms with van der Waals surface area (Å²) in [7, 11) is 1.45. The Hall–Kier alpha value is -2.51. The van der Waals surface area contributed by atoms with Crippen LogP contribution < -0.4 is 10.3 Å². The molecular formula is C11H9F2N3O3. The number of phenols is 1. The predicted octanol–water partition coefficient (Wildman–Crippen LogP) is 1.15. The molecule has 19 heavy (non-hydrogen) atoms. The molecule has 1 aromatic heterocycles. The number of hydrogen-bond acceptors (Lipinski definition) is 5. The van der Waals surface area contributed by atoms with Crippen molar-refractivity contribution in [1.29, 1.82) is 0 Å². The van der Waals surface area contributed by atoms with Crippen molar-refractivity contribution in [2.24, 2.45) is 7.05 Å². The van der Waals surface area contributed by atoms with Crippen LogP contribution in [0.25, 0.3) is 11.4 Å². The van der Waals surface area contributed by atoms with Crippen LogP contribution in [-0.4, -0.2) is 26.5 Å². The van der Waals surface area contributed by atoms with E-state index < -0.39 is 12.2 Å². The van der Waals surface area contributed by atoms with E-state index >= 15 is 0 Å². The van der Waals surface area contributed by atoms with Gasteiger partial charge in [0, 0.05) is 13.1 Å². The second kappa shape index (κ2) is 5.01. The van der Waals surface area contributed by atoms with Crippen molar-refractivity contribution in [3.8, 4) is 22.9 Å². The number of nitrogens with zero attached hydrogens (tertiary/aromatic N) is 3. The van der Waals surface area contributed by atoms with Crippen molar-refractivity contribution >= 4 is 0 Å². The third-order valence-corrected chi connectivity index (χ3v) is 2.40. The third-order valence-electron chi connectivity index (χ3n) is 2.40. The van der Waals surface area contributed by atoms with Crippen LogP contribution in [0.5, 0.6) is 11.5 Å². The fourth-order valence-corrected chi connectivity index (χ4v) is 1.50. The van der Waals surface area contributed by atoms with E-state index in [1.54, 1.807) is 0 Å². The summed E-state index contributed by atoms with van der Waals surface area (Å²) in [4.78, 5) is 11.4. The number of ether oxygens (including phenoxy) is 1. The second-order valence-electron chi connectivity index (χ2n) is 3.62. The lowest BCUT2D eigenvalue weighted by molar-refractivity contribution is -0.0499. The van der Waals surface area contributed by atoms with E-state index in [1.165, 1.54) is 23.7 Å². The molecule has 0 saturated carbocycles. The van der Waals surface area contributed by atoms with Crippen LogP contribution >= 0.6 is 0 Å². The summed E-state index contributed by atoms with van der Waals surface area (Å²) < 4.78 is 29.4. The molecule has 0 radical (unpaired) electrons. The van der Waals surface area contributed by atoms with E-state index in [0.29, 0.717) is 0 Å². The summed E-state index contributed by atoms with van der Waals surface area (Å²) in [6, 6.07) is 3.57. The lowest BCUT2D eigenvalue weighted by Gasteiger charge is -2.09. The van der Waals surface area contributed by atoms with Crippen molar-refractivity contribution in [2.75, 3.05) is 0 Å². The fraction of sp³-hybridized carbons (Fsp3) is 0.182. The summed E-state index contributed by atoms with van der Waals surface area (Å²) in [5, 5.41) is 17.0. The Bertz CT molecular complexity index is 658. The van der Waals surface area contributed by atoms with E-state index in [1.807, 2.05) is 0 Å². The van der Waals surface area contributed by atoms with Crippen molar-refractivity contribution in [2.45, 2.75) is 6.61 Å². The lowest BCUT2D eigenvalue weighted by Crippen LogP contribution is -2.19. The highest BCUT2D eigenvalue weighted by molar-refractivity contribution is 5.65. The molecule has 8 heteroatoms. The molecule has 1 N–H and O–H groups in total. The van der Waals surface area contributed by atoms with Crippen LogP contribution in [0.1, 0.15) is 0 Å². The first-order valence-corrected chi connectivity index (χ1v) is 5.16. The number of halogens is 2. The minimum atomic E-state index is -2.98. The van der Waals surface area contributed by atoms with Gasteiger partial charge in [0.2, 0.25) is 0 Å². The summed E-state index contributed by atoms with van der Waals surface area (Å²) >= 11 is 0. The quantitative estimate of drug-likeness (QED) is 0.904. The summed E-state index contributed by atoms with van der Waals surface area (Å²) in [5.41, 5.74) is -0.216. The number of rotatable bonds is 3. The van der Waals surface area contributed by atoms with Gasteiger partial charge in [-0.15, -0.1) is 5.10 Å². The van der Waals surface area contributed by atoms with Crippen molar-refractivity contribution in [1.82, 2.24) is 14.8 Å². The Labute approximate surface area is 105 Å². The normalized spacial score (nSPS) is 10.7. The van der Waals surface area contributed by atoms with E-state index in [4.69, 9.17) is 0 Å². The molecule has 0 atom stereocenters. The molecular weight excluding hydrogens is 260 g/mol. The second-order valence-corrected chi connectivity index (χ2v) is 3.62. The molecule has 6 nitrogen and oxygen atoms in total. The smallest absolute Gasteiger partial charge is 0.387 e. The number of benzene rings is 1. The molecule has 0 aliphatic carbocycles. The maximum Gasteiger partial charge on any atom is 0.387 e. The van der Waals surface area contributed by atoms with Gasteiger partial charge in [0.25, 0.3) is 5.56 Å². The molecule has 0 saturated heterocycles. The molecule has 100 valence electrons. The van der Waals surface area contributed by atoms with Gasteiger partial charge in [-0.3, -0.25) is 9.36 Å². The molecule has 0 aliphatic rings. The molecule has 2 aromatic rings. The lowest BCUT2D eigenvalue weighted by atomic mass is 10.2. The van der Waals surface area contributed by atoms with Gasteiger partial charge in [0.1, 0.15) is 17.7 Å². The van der Waals surface area contributed by atoms with E-state index in [-0.39, 0.29) is 22.9 Å². The van der Waals surface area contributed by atoms with Crippen LogP contribution in [0.4, 0.5) is 8.78 Å². The van der Waals surface area contributed by atoms with Crippen molar-refractivity contribution in [3.63, 3.8) is 0 Å². The maximum atomic E-state index is 12.0. The molecule has 0 spiro atoms. The zero-order chi connectivity index (χ0) is 14.0. The standard InChI is InChI=1S/C11H9F2N3O3/c1-16-9(18)5-14-15-10(16)7-3-2-6(4-8(7)17)19-11(12)13/h2-5,11,17H,1H3. The topological polar surface area (TPSA) is 77.2 Å². The predicted molar refractivity (Wildman–Crippen MR) is 61.0 cm³/mol. The zero-order valence-corrected chi connectivity index (χ0v) is 9.75. The minimum Gasteiger partial charge on any atom is -0.507 e. The van der Waals surface area contributed by atoms with E-state index in [2.05, 4.69) is 14.9 Å². The highest BCUT2D eigenvalue weighted by atomic mass is 19.3. The highest BCUT2D eigenvalue weighted by Gasteiger charge is 2.13. The average molecular weight is 269 g/mol. The molecule has 0 bridgehead atoms. The number of hydrogen-bond donors (Lipinski definition) is 1. The fourth-order valence-electron chi connectivity index (χ4n) is 1.50. The molecule has 1 heterocycles. The molecule has 1 aromatic carbocycles. The number of alkyl halides is 2. The highest BCUT2D eigenvalue weighted by Crippen LogP contribution is 2.30. The summed E-state index contributed by atoms with van der Waals surface area (Å²) in [6.45, 7) is -2.98. The van der Waals surface area contributed by atoms with Crippen LogP contribution in [0.15, 0.2) is 29.2 Å². The van der Waals surface area contributed by atoms with Gasteiger partial charge in [-0.25, -0.2) is 0 Å². The van der Waals surface area contributed by atoms with Crippen LogP contribution in [0, 0.1) is 0 Å². The van der Waals surface area contributed by atoms with Gasteiger partial charge in [0.15, 0.2) is 5.82 Å². The SMILES string of the molecule is Cn1c(-c2ccc(OC(F)F)cc2O)nncc1=O. The Kier molecular flexibility index (Phi) is 3.41. The van der Waals surface area contributed by atoms with Crippen LogP contribution in [0.3, 0.4) is 0 Å². The molecule has 0 aliphatic heterocycles. The van der Waals surface area contributed by atoms with Gasteiger partial charge in [-0.2, -0.15) is 13.9 Å². The van der Waals surface area contributed by atoms with Crippen molar-refractivity contribution < 1.29 is 18.6 Å². The molecule has 0 unspecified atom stereocenters. The van der Waals surface area contributed by atoms with Gasteiger partial charge in [0.05, 0.1) is 5.56 Å². The van der Waals surface area contributed by atoms with Gasteiger partial charge >= 0.3 is 6.61 Å². The molecule has 0 amide bonds. The zero-order valence-electron chi connectivity index (χ0n) is 9.75. The Morgan fingerprint density at radius 2 is 2.16 bits per heavy atom. The Morgan fingerprint density at radius 3 is 2.79 bits per heavy atom. The van der Waals surface area contributed by atoms with Crippen LogP contribution in [0.2, 0.25) is 0 Å². The molecule has 2 rings (SSSR count). The minimum absolute atomic E-state index is 0.119. The molecule has 0 fully saturated rings. The number of phenolic OH excluding ortho intramolecular Hbond substituents is 1. The van der Waals surface area contributed by atoms with Gasteiger partial charge < -0.3 is 9.84 Å². The third kappa shape index (κ3) is 2.67. The largest absolute Gasteiger partial charge is 0.507 e. The maximum absolute atomic E-state index is 12.0. The summed E-state index contributed by atoms with van der Waals surface area (Å²) in [5.74, 6) is -0.410. The Balaban J connectivity index is 2.46. The number of aromatic nitrogens is 3. The van der Waals surface area contributed by atoms with E-state index in [0.717, 1.165) is 12.3 Å². The first-order chi connectivity index (χ1) is 8.99. The van der Waals surface area contributed by atoms with Crippen LogP contribution in [-0.2, 0) is 7.05 Å². The number of aromatic hydroxyl groups is 1. The van der Waals surface area contributed by atoms with E-state index in [9.17, 15) is 18.7 Å². The first-order valence-electron chi connectivity index (χ1n) is 5.16. The van der Waals surface area contributed by atoms with Gasteiger partial charge in [-0.05, 0) is 12.1 Å². The first kappa shape index (κ1) is 12.9. The Morgan fingerprint density at radius 1 is 1.42 bits per heavy atom. The monoisotopic (exact) mass is 269 g/mol. The summed E-state index contributed by atoms with van der Waals surface area (Å²) in [6.07, 6.45) is 1.02. The average Bonchev–Trinajstić information content (AvgIpc) is 2.33. The van der Waals surface area contributed by atoms with Crippen molar-refractivity contribution in [3.05, 3.63) is 34.7 Å². The van der Waals surface area contributed by atoms with Gasteiger partial charge in [-0.1, -0.05) is 0 Å².